The number of pyridine rings is 1. The Labute approximate surface area is 136 Å². The van der Waals surface area contributed by atoms with E-state index in [4.69, 9.17) is 0 Å². The van der Waals surface area contributed by atoms with Crippen molar-refractivity contribution in [2.75, 3.05) is 0 Å². The lowest BCUT2D eigenvalue weighted by Gasteiger charge is -2.13. The highest BCUT2D eigenvalue weighted by Crippen LogP contribution is 2.21. The minimum absolute atomic E-state index is 0.0519. The number of amides is 1. The van der Waals surface area contributed by atoms with Crippen LogP contribution in [0.15, 0.2) is 54.9 Å². The first-order valence-electron chi connectivity index (χ1n) is 7.88. The molecular weight excluding hydrogens is 286 g/mol. The van der Waals surface area contributed by atoms with Crippen LogP contribution in [-0.4, -0.2) is 15.5 Å². The second-order valence-electron chi connectivity index (χ2n) is 5.83. The van der Waals surface area contributed by atoms with Crippen LogP contribution in [0, 0.1) is 0 Å². The summed E-state index contributed by atoms with van der Waals surface area (Å²) in [5.41, 5.74) is 3.29. The molecule has 0 bridgehead atoms. The van der Waals surface area contributed by atoms with Gasteiger partial charge in [0.25, 0.3) is 0 Å². The van der Waals surface area contributed by atoms with Gasteiger partial charge < -0.3 is 9.88 Å². The highest BCUT2D eigenvalue weighted by Gasteiger charge is 2.12. The number of nitrogens with one attached hydrogen (secondary N) is 1. The topological polar surface area (TPSA) is 46.9 Å². The Morgan fingerprint density at radius 3 is 2.78 bits per heavy atom. The molecule has 1 amide bonds. The second-order valence-corrected chi connectivity index (χ2v) is 5.83. The van der Waals surface area contributed by atoms with Crippen molar-refractivity contribution in [1.82, 2.24) is 14.9 Å². The number of carbonyl (C=O) groups is 1. The number of aryl methyl sites for hydroxylation is 2. The van der Waals surface area contributed by atoms with Crippen molar-refractivity contribution < 1.29 is 4.79 Å². The van der Waals surface area contributed by atoms with Gasteiger partial charge in [-0.25, -0.2) is 0 Å². The minimum atomic E-state index is -0.0729. The SMILES string of the molecule is C[C@H](NC(=O)CCc1cn(C)c2ccccc12)c1ccccn1. The Morgan fingerprint density at radius 1 is 1.22 bits per heavy atom. The average molecular weight is 307 g/mol. The van der Waals surface area contributed by atoms with Crippen LogP contribution in [0.25, 0.3) is 10.9 Å². The Bertz CT molecular complexity index is 808. The van der Waals surface area contributed by atoms with E-state index in [1.165, 1.54) is 16.5 Å². The van der Waals surface area contributed by atoms with Gasteiger partial charge in [0.15, 0.2) is 0 Å². The van der Waals surface area contributed by atoms with Gasteiger partial charge in [-0.15, -0.1) is 0 Å². The molecule has 3 aromatic rings. The normalized spacial score (nSPS) is 12.3. The van der Waals surface area contributed by atoms with E-state index < -0.39 is 0 Å². The Balaban J connectivity index is 1.62. The third-order valence-electron chi connectivity index (χ3n) is 4.11. The van der Waals surface area contributed by atoms with Crippen molar-refractivity contribution in [2.24, 2.45) is 7.05 Å². The summed E-state index contributed by atoms with van der Waals surface area (Å²) in [5, 5.41) is 4.24. The molecule has 3 rings (SSSR count). The van der Waals surface area contributed by atoms with E-state index in [1.807, 2.05) is 44.3 Å². The maximum absolute atomic E-state index is 12.2. The molecule has 0 aliphatic rings. The van der Waals surface area contributed by atoms with Crippen LogP contribution in [0.3, 0.4) is 0 Å². The predicted octanol–water partition coefficient (Wildman–Crippen LogP) is 3.38. The summed E-state index contributed by atoms with van der Waals surface area (Å²) in [6.45, 7) is 1.96. The third kappa shape index (κ3) is 3.42. The maximum atomic E-state index is 12.2. The highest BCUT2D eigenvalue weighted by molar-refractivity contribution is 5.85. The molecule has 4 heteroatoms. The van der Waals surface area contributed by atoms with Crippen LogP contribution < -0.4 is 5.32 Å². The Kier molecular flexibility index (Phi) is 4.42. The molecule has 2 aromatic heterocycles. The first-order valence-corrected chi connectivity index (χ1v) is 7.88. The van der Waals surface area contributed by atoms with Crippen LogP contribution in [-0.2, 0) is 18.3 Å². The molecule has 0 saturated heterocycles. The summed E-state index contributed by atoms with van der Waals surface area (Å²) in [5.74, 6) is 0.0519. The average Bonchev–Trinajstić information content (AvgIpc) is 2.90. The molecule has 0 aliphatic carbocycles. The molecule has 1 atom stereocenters. The molecule has 4 nitrogen and oxygen atoms in total. The van der Waals surface area contributed by atoms with Crippen LogP contribution in [0.4, 0.5) is 0 Å². The van der Waals surface area contributed by atoms with Crippen LogP contribution in [0.1, 0.15) is 30.6 Å². The number of para-hydroxylation sites is 1. The number of hydrogen-bond donors (Lipinski definition) is 1. The summed E-state index contributed by atoms with van der Waals surface area (Å²) in [6, 6.07) is 13.9. The molecule has 0 aliphatic heterocycles. The van der Waals surface area contributed by atoms with Crippen molar-refractivity contribution in [3.63, 3.8) is 0 Å². The fraction of sp³-hybridized carbons (Fsp3) is 0.263. The van der Waals surface area contributed by atoms with Gasteiger partial charge in [-0.3, -0.25) is 9.78 Å². The third-order valence-corrected chi connectivity index (χ3v) is 4.11. The summed E-state index contributed by atoms with van der Waals surface area (Å²) in [6.07, 6.45) is 5.07. The summed E-state index contributed by atoms with van der Waals surface area (Å²) >= 11 is 0. The van der Waals surface area contributed by atoms with Crippen molar-refractivity contribution in [1.29, 1.82) is 0 Å². The lowest BCUT2D eigenvalue weighted by molar-refractivity contribution is -0.121. The molecular formula is C19H21N3O. The van der Waals surface area contributed by atoms with E-state index in [-0.39, 0.29) is 11.9 Å². The number of hydrogen-bond acceptors (Lipinski definition) is 2. The Hall–Kier alpha value is -2.62. The van der Waals surface area contributed by atoms with E-state index in [0.717, 1.165) is 12.1 Å². The molecule has 0 radical (unpaired) electrons. The summed E-state index contributed by atoms with van der Waals surface area (Å²) in [4.78, 5) is 16.5. The van der Waals surface area contributed by atoms with Gasteiger partial charge in [-0.05, 0) is 37.1 Å². The van der Waals surface area contributed by atoms with E-state index in [9.17, 15) is 4.79 Å². The molecule has 23 heavy (non-hydrogen) atoms. The van der Waals surface area contributed by atoms with Gasteiger partial charge in [-0.1, -0.05) is 24.3 Å². The smallest absolute Gasteiger partial charge is 0.220 e. The largest absolute Gasteiger partial charge is 0.350 e. The van der Waals surface area contributed by atoms with Crippen LogP contribution >= 0.6 is 0 Å². The van der Waals surface area contributed by atoms with Gasteiger partial charge in [0.1, 0.15) is 0 Å². The van der Waals surface area contributed by atoms with Gasteiger partial charge in [0, 0.05) is 36.8 Å². The monoisotopic (exact) mass is 307 g/mol. The highest BCUT2D eigenvalue weighted by atomic mass is 16.1. The van der Waals surface area contributed by atoms with Crippen LogP contribution in [0.5, 0.6) is 0 Å². The van der Waals surface area contributed by atoms with Crippen molar-refractivity contribution in [3.05, 3.63) is 66.1 Å². The molecule has 0 unspecified atom stereocenters. The summed E-state index contributed by atoms with van der Waals surface area (Å²) < 4.78 is 2.11. The molecule has 0 saturated carbocycles. The van der Waals surface area contributed by atoms with E-state index in [2.05, 4.69) is 33.2 Å². The number of nitrogens with zero attached hydrogens (tertiary/aromatic N) is 2. The first kappa shape index (κ1) is 15.3. The summed E-state index contributed by atoms with van der Waals surface area (Å²) in [7, 11) is 2.04. The molecule has 0 fully saturated rings. The van der Waals surface area contributed by atoms with Gasteiger partial charge in [0.05, 0.1) is 11.7 Å². The number of carbonyl (C=O) groups excluding carboxylic acids is 1. The minimum Gasteiger partial charge on any atom is -0.350 e. The zero-order chi connectivity index (χ0) is 16.2. The maximum Gasteiger partial charge on any atom is 0.220 e. The number of rotatable bonds is 5. The lowest BCUT2D eigenvalue weighted by atomic mass is 10.1. The molecule has 2 heterocycles. The predicted molar refractivity (Wildman–Crippen MR) is 92.0 cm³/mol. The number of benzene rings is 1. The van der Waals surface area contributed by atoms with Crippen molar-refractivity contribution in [3.8, 4) is 0 Å². The first-order chi connectivity index (χ1) is 11.1. The van der Waals surface area contributed by atoms with E-state index >= 15 is 0 Å². The van der Waals surface area contributed by atoms with Gasteiger partial charge in [0.2, 0.25) is 5.91 Å². The van der Waals surface area contributed by atoms with Crippen LogP contribution in [0.2, 0.25) is 0 Å². The van der Waals surface area contributed by atoms with Crippen molar-refractivity contribution in [2.45, 2.75) is 25.8 Å². The number of fused-ring (bicyclic) bond motifs is 1. The molecule has 1 aromatic carbocycles. The zero-order valence-corrected chi connectivity index (χ0v) is 13.5. The van der Waals surface area contributed by atoms with E-state index in [1.54, 1.807) is 6.20 Å². The lowest BCUT2D eigenvalue weighted by Crippen LogP contribution is -2.27. The molecule has 0 spiro atoms. The second kappa shape index (κ2) is 6.65. The van der Waals surface area contributed by atoms with Gasteiger partial charge in [-0.2, -0.15) is 0 Å². The fourth-order valence-corrected chi connectivity index (χ4v) is 2.89. The fourth-order valence-electron chi connectivity index (χ4n) is 2.89. The molecule has 1 N–H and O–H groups in total. The molecule has 118 valence electrons. The van der Waals surface area contributed by atoms with Gasteiger partial charge >= 0.3 is 0 Å². The quantitative estimate of drug-likeness (QED) is 0.785. The van der Waals surface area contributed by atoms with Crippen molar-refractivity contribution >= 4 is 16.8 Å². The van der Waals surface area contributed by atoms with E-state index in [0.29, 0.717) is 6.42 Å². The Morgan fingerprint density at radius 2 is 2.00 bits per heavy atom. The number of aromatic nitrogens is 2. The zero-order valence-electron chi connectivity index (χ0n) is 13.5. The standard InChI is InChI=1S/C19H21N3O/c1-14(17-8-5-6-12-20-17)21-19(23)11-10-15-13-22(2)18-9-4-3-7-16(15)18/h3-9,12-14H,10-11H2,1-2H3,(H,21,23)/t14-/m0/s1.